The minimum atomic E-state index is -1.18. The van der Waals surface area contributed by atoms with Gasteiger partial charge in [0.25, 0.3) is 0 Å². The van der Waals surface area contributed by atoms with Crippen molar-refractivity contribution in [2.75, 3.05) is 20.3 Å². The summed E-state index contributed by atoms with van der Waals surface area (Å²) in [4.78, 5) is 16.8. The van der Waals surface area contributed by atoms with E-state index in [0.717, 1.165) is 35.6 Å². The molecule has 0 spiro atoms. The third kappa shape index (κ3) is 10.1. The highest BCUT2D eigenvalue weighted by Crippen LogP contribution is 2.34. The van der Waals surface area contributed by atoms with E-state index in [1.807, 2.05) is 6.07 Å². The molecule has 0 aliphatic rings. The van der Waals surface area contributed by atoms with Gasteiger partial charge in [0.15, 0.2) is 5.82 Å². The highest BCUT2D eigenvalue weighted by atomic mass is 28.3. The lowest BCUT2D eigenvalue weighted by Crippen LogP contribution is -2.27. The molecule has 10 nitrogen and oxygen atoms in total. The molecular weight excluding hydrogens is 512 g/mol. The SMILES string of the molecule is CCCCCCCCNC(=O)Oc1ccc(OC)c(-c2cncc(-c3nnnn3COCC[Si](C)(C)C)c2)c1. The molecule has 212 valence electrons. The lowest BCUT2D eigenvalue weighted by molar-refractivity contribution is 0.0784. The molecule has 1 amide bonds. The lowest BCUT2D eigenvalue weighted by Gasteiger charge is -2.15. The number of pyridine rings is 1. The van der Waals surface area contributed by atoms with Crippen molar-refractivity contribution in [3.8, 4) is 34.0 Å². The maximum absolute atomic E-state index is 12.3. The number of unbranched alkanes of at least 4 members (excludes halogenated alkanes) is 5. The smallest absolute Gasteiger partial charge is 0.412 e. The number of carbonyl (C=O) groups is 1. The number of ether oxygens (including phenoxy) is 3. The minimum Gasteiger partial charge on any atom is -0.496 e. The third-order valence-electron chi connectivity index (χ3n) is 6.23. The van der Waals surface area contributed by atoms with E-state index in [0.29, 0.717) is 30.5 Å². The second-order valence-corrected chi connectivity index (χ2v) is 16.4. The van der Waals surface area contributed by atoms with E-state index in [1.54, 1.807) is 42.4 Å². The van der Waals surface area contributed by atoms with Crippen molar-refractivity contribution in [3.63, 3.8) is 0 Å². The molecule has 1 aromatic carbocycles. The van der Waals surface area contributed by atoms with Crippen molar-refractivity contribution in [1.29, 1.82) is 0 Å². The molecule has 2 heterocycles. The number of benzene rings is 1. The Balaban J connectivity index is 1.66. The van der Waals surface area contributed by atoms with Crippen LogP contribution < -0.4 is 14.8 Å². The summed E-state index contributed by atoms with van der Waals surface area (Å²) < 4.78 is 18.6. The predicted molar refractivity (Wildman–Crippen MR) is 155 cm³/mol. The number of nitrogens with zero attached hydrogens (tertiary/aromatic N) is 5. The van der Waals surface area contributed by atoms with Gasteiger partial charge in [0.05, 0.1) is 7.11 Å². The monoisotopic (exact) mass is 554 g/mol. The fourth-order valence-electron chi connectivity index (χ4n) is 3.95. The first-order chi connectivity index (χ1) is 18.8. The second kappa shape index (κ2) is 15.3. The molecule has 0 atom stereocenters. The van der Waals surface area contributed by atoms with Crippen LogP contribution in [0.4, 0.5) is 4.79 Å². The van der Waals surface area contributed by atoms with E-state index in [1.165, 1.54) is 25.7 Å². The number of hydrogen-bond donors (Lipinski definition) is 1. The largest absolute Gasteiger partial charge is 0.496 e. The Bertz CT molecular complexity index is 1180. The summed E-state index contributed by atoms with van der Waals surface area (Å²) in [6.07, 6.45) is 9.92. The Labute approximate surface area is 232 Å². The van der Waals surface area contributed by atoms with Crippen molar-refractivity contribution in [2.24, 2.45) is 0 Å². The highest BCUT2D eigenvalue weighted by molar-refractivity contribution is 6.76. The molecule has 39 heavy (non-hydrogen) atoms. The van der Waals surface area contributed by atoms with E-state index in [4.69, 9.17) is 14.2 Å². The van der Waals surface area contributed by atoms with E-state index >= 15 is 0 Å². The minimum absolute atomic E-state index is 0.261. The predicted octanol–water partition coefficient (Wildman–Crippen LogP) is 6.17. The number of nitrogens with one attached hydrogen (secondary N) is 1. The van der Waals surface area contributed by atoms with Gasteiger partial charge in [0.1, 0.15) is 18.2 Å². The number of carbonyl (C=O) groups excluding carboxylic acids is 1. The number of methoxy groups -OCH3 is 1. The van der Waals surface area contributed by atoms with Gasteiger partial charge in [-0.25, -0.2) is 4.79 Å². The molecule has 0 saturated carbocycles. The molecule has 0 radical (unpaired) electrons. The summed E-state index contributed by atoms with van der Waals surface area (Å²) in [6.45, 7) is 10.7. The van der Waals surface area contributed by atoms with E-state index < -0.39 is 14.2 Å². The Morgan fingerprint density at radius 3 is 2.56 bits per heavy atom. The van der Waals surface area contributed by atoms with Gasteiger partial charge >= 0.3 is 6.09 Å². The molecular formula is C28H42N6O4Si. The zero-order chi connectivity index (χ0) is 28.1. The van der Waals surface area contributed by atoms with Crippen LogP contribution in [0.3, 0.4) is 0 Å². The summed E-state index contributed by atoms with van der Waals surface area (Å²) >= 11 is 0. The van der Waals surface area contributed by atoms with Crippen LogP contribution in [0.1, 0.15) is 45.4 Å². The number of amides is 1. The Morgan fingerprint density at radius 2 is 1.79 bits per heavy atom. The van der Waals surface area contributed by atoms with Gasteiger partial charge in [-0.3, -0.25) is 4.98 Å². The van der Waals surface area contributed by atoms with Gasteiger partial charge in [-0.1, -0.05) is 58.7 Å². The van der Waals surface area contributed by atoms with Gasteiger partial charge in [-0.05, 0) is 47.2 Å². The van der Waals surface area contributed by atoms with Crippen LogP contribution in [0.2, 0.25) is 25.7 Å². The van der Waals surface area contributed by atoms with Crippen molar-refractivity contribution in [2.45, 2.75) is 77.9 Å². The Hall–Kier alpha value is -3.31. The fourth-order valence-corrected chi connectivity index (χ4v) is 4.71. The number of aromatic nitrogens is 5. The molecule has 3 aromatic rings. The quantitative estimate of drug-likeness (QED) is 0.165. The summed E-state index contributed by atoms with van der Waals surface area (Å²) in [7, 11) is 0.416. The molecule has 0 bridgehead atoms. The van der Waals surface area contributed by atoms with Crippen molar-refractivity contribution in [1.82, 2.24) is 30.5 Å². The molecule has 0 aliphatic carbocycles. The normalized spacial score (nSPS) is 11.4. The molecule has 0 fully saturated rings. The van der Waals surface area contributed by atoms with Gasteiger partial charge < -0.3 is 19.5 Å². The van der Waals surface area contributed by atoms with Crippen molar-refractivity contribution >= 4 is 14.2 Å². The molecule has 3 rings (SSSR count). The zero-order valence-electron chi connectivity index (χ0n) is 23.9. The fraction of sp³-hybridized carbons (Fsp3) is 0.536. The first kappa shape index (κ1) is 30.2. The first-order valence-corrected chi connectivity index (χ1v) is 17.4. The number of tetrazole rings is 1. The van der Waals surface area contributed by atoms with Crippen molar-refractivity contribution in [3.05, 3.63) is 36.7 Å². The topological polar surface area (TPSA) is 113 Å². The molecule has 0 saturated heterocycles. The van der Waals surface area contributed by atoms with Crippen LogP contribution in [0.15, 0.2) is 36.7 Å². The summed E-state index contributed by atoms with van der Waals surface area (Å²) in [5, 5.41) is 14.9. The van der Waals surface area contributed by atoms with Gasteiger partial charge in [-0.15, -0.1) is 5.10 Å². The molecule has 2 aromatic heterocycles. The number of hydrogen-bond acceptors (Lipinski definition) is 8. The molecule has 1 N–H and O–H groups in total. The maximum atomic E-state index is 12.3. The highest BCUT2D eigenvalue weighted by Gasteiger charge is 2.16. The lowest BCUT2D eigenvalue weighted by atomic mass is 10.0. The summed E-state index contributed by atoms with van der Waals surface area (Å²) in [5.74, 6) is 1.60. The summed E-state index contributed by atoms with van der Waals surface area (Å²) in [5.41, 5.74) is 2.24. The van der Waals surface area contributed by atoms with Crippen LogP contribution in [-0.2, 0) is 11.5 Å². The van der Waals surface area contributed by atoms with E-state index in [9.17, 15) is 4.79 Å². The van der Waals surface area contributed by atoms with Gasteiger partial charge in [0.2, 0.25) is 0 Å². The average Bonchev–Trinajstić information content (AvgIpc) is 3.39. The van der Waals surface area contributed by atoms with E-state index in [-0.39, 0.29) is 6.73 Å². The Kier molecular flexibility index (Phi) is 11.9. The maximum Gasteiger partial charge on any atom is 0.412 e. The first-order valence-electron chi connectivity index (χ1n) is 13.7. The van der Waals surface area contributed by atoms with Crippen LogP contribution in [-0.4, -0.2) is 59.6 Å². The van der Waals surface area contributed by atoms with Crippen LogP contribution >= 0.6 is 0 Å². The van der Waals surface area contributed by atoms with Crippen LogP contribution in [0.25, 0.3) is 22.5 Å². The van der Waals surface area contributed by atoms with Crippen LogP contribution in [0.5, 0.6) is 11.5 Å². The third-order valence-corrected chi connectivity index (χ3v) is 7.93. The molecule has 0 aliphatic heterocycles. The molecule has 0 unspecified atom stereocenters. The summed E-state index contributed by atoms with van der Waals surface area (Å²) in [6, 6.07) is 8.25. The van der Waals surface area contributed by atoms with Crippen LogP contribution in [0, 0.1) is 0 Å². The second-order valence-electron chi connectivity index (χ2n) is 10.8. The average molecular weight is 555 g/mol. The zero-order valence-corrected chi connectivity index (χ0v) is 24.9. The van der Waals surface area contributed by atoms with E-state index in [2.05, 4.69) is 52.4 Å². The van der Waals surface area contributed by atoms with Gasteiger partial charge in [-0.2, -0.15) is 4.68 Å². The van der Waals surface area contributed by atoms with Gasteiger partial charge in [0, 0.05) is 50.3 Å². The standard InChI is InChI=1S/C28H42N6O4Si/c1-6-7-8-9-10-11-14-30-28(35)38-24-12-13-26(36-2)25(18-24)22-17-23(20-29-19-22)27-31-32-33-34(27)21-37-15-16-39(3,4)5/h12-13,17-20H,6-11,14-16,21H2,1-5H3,(H,30,35). The molecule has 11 heteroatoms. The van der Waals surface area contributed by atoms with Crippen molar-refractivity contribution < 1.29 is 19.0 Å². The number of rotatable bonds is 16. The Morgan fingerprint density at radius 1 is 1.03 bits per heavy atom.